The second-order valence-corrected chi connectivity index (χ2v) is 18.3. The van der Waals surface area contributed by atoms with Crippen LogP contribution in [-0.2, 0) is 40.8 Å². The van der Waals surface area contributed by atoms with Gasteiger partial charge in [-0.15, -0.1) is 11.3 Å². The molecule has 4 aliphatic rings. The molecule has 1 N–H and O–H groups in total. The number of allylic oxidation sites excluding steroid dienone is 1. The van der Waals surface area contributed by atoms with Crippen LogP contribution in [-0.4, -0.2) is 68.3 Å². The first kappa shape index (κ1) is 36.4. The third-order valence-corrected chi connectivity index (χ3v) is 14.8. The van der Waals surface area contributed by atoms with E-state index < -0.39 is 26.8 Å². The molecule has 12 heteroatoms. The molecule has 0 saturated heterocycles. The fourth-order valence-electron chi connectivity index (χ4n) is 8.29. The fraction of sp³-hybridized carbons (Fsp3) is 0.538. The van der Waals surface area contributed by atoms with Gasteiger partial charge in [-0.1, -0.05) is 36.7 Å². The van der Waals surface area contributed by atoms with Crippen LogP contribution in [0.1, 0.15) is 78.0 Å². The van der Waals surface area contributed by atoms with Crippen molar-refractivity contribution in [3.63, 3.8) is 0 Å². The summed E-state index contributed by atoms with van der Waals surface area (Å²) < 4.78 is 42.7. The molecule has 1 aromatic heterocycles. The minimum absolute atomic E-state index is 0.227. The van der Waals surface area contributed by atoms with Crippen LogP contribution < -0.4 is 14.4 Å². The molecule has 7 rings (SSSR count). The Morgan fingerprint density at radius 2 is 1.96 bits per heavy atom. The van der Waals surface area contributed by atoms with Gasteiger partial charge in [-0.2, -0.15) is 0 Å². The number of aryl methyl sites for hydroxylation is 1. The van der Waals surface area contributed by atoms with Crippen LogP contribution in [0.4, 0.5) is 5.69 Å². The number of thiazole rings is 1. The molecule has 0 radical (unpaired) electrons. The Morgan fingerprint density at radius 1 is 1.10 bits per heavy atom. The number of rotatable bonds is 3. The number of anilines is 1. The third kappa shape index (κ3) is 7.74. The molecule has 4 heterocycles. The van der Waals surface area contributed by atoms with Gasteiger partial charge in [0.1, 0.15) is 18.0 Å². The normalized spacial score (nSPS) is 29.2. The lowest BCUT2D eigenvalue weighted by Gasteiger charge is -2.51. The van der Waals surface area contributed by atoms with E-state index in [0.717, 1.165) is 82.5 Å². The van der Waals surface area contributed by atoms with Gasteiger partial charge in [0.2, 0.25) is 10.0 Å². The second-order valence-electron chi connectivity index (χ2n) is 14.9. The summed E-state index contributed by atoms with van der Waals surface area (Å²) in [6.07, 6.45) is 10.7. The molecule has 1 saturated carbocycles. The number of ether oxygens (including phenoxy) is 2. The van der Waals surface area contributed by atoms with Gasteiger partial charge < -0.3 is 14.4 Å². The summed E-state index contributed by atoms with van der Waals surface area (Å²) in [7, 11) is -2.13. The number of amides is 1. The van der Waals surface area contributed by atoms with Gasteiger partial charge in [0.25, 0.3) is 5.91 Å². The van der Waals surface area contributed by atoms with Crippen LogP contribution in [0.25, 0.3) is 0 Å². The van der Waals surface area contributed by atoms with E-state index in [9.17, 15) is 13.2 Å². The van der Waals surface area contributed by atoms with Crippen molar-refractivity contribution in [1.29, 1.82) is 0 Å². The third-order valence-electron chi connectivity index (χ3n) is 11.8. The molecule has 1 unspecified atom stereocenters. The molecule has 2 bridgehead atoms. The highest BCUT2D eigenvalue weighted by Gasteiger charge is 2.48. The van der Waals surface area contributed by atoms with E-state index in [1.807, 2.05) is 49.9 Å². The fourth-order valence-corrected chi connectivity index (χ4v) is 10.6. The van der Waals surface area contributed by atoms with E-state index in [4.69, 9.17) is 21.1 Å². The molecule has 0 spiro atoms. The summed E-state index contributed by atoms with van der Waals surface area (Å²) in [5.41, 5.74) is 5.99. The van der Waals surface area contributed by atoms with Crippen molar-refractivity contribution in [3.05, 3.63) is 86.3 Å². The number of nitrogens with zero attached hydrogens (tertiary/aromatic N) is 3. The predicted molar refractivity (Wildman–Crippen MR) is 203 cm³/mol. The Hall–Kier alpha value is -2.96. The van der Waals surface area contributed by atoms with E-state index in [1.54, 1.807) is 24.3 Å². The first-order chi connectivity index (χ1) is 24.5. The number of benzene rings is 2. The lowest BCUT2D eigenvalue weighted by Crippen LogP contribution is -2.56. The highest BCUT2D eigenvalue weighted by Crippen LogP contribution is 2.47. The van der Waals surface area contributed by atoms with Gasteiger partial charge in [-0.05, 0) is 105 Å². The molecular formula is C39H49ClN4O5S2. The van der Waals surface area contributed by atoms with Crippen LogP contribution in [0.5, 0.6) is 5.75 Å². The highest BCUT2D eigenvalue weighted by molar-refractivity contribution is 7.90. The molecule has 3 aromatic rings. The van der Waals surface area contributed by atoms with Crippen molar-refractivity contribution in [3.8, 4) is 5.75 Å². The van der Waals surface area contributed by atoms with Gasteiger partial charge in [0.05, 0.1) is 22.1 Å². The molecular weight excluding hydrogens is 704 g/mol. The molecule has 5 atom stereocenters. The summed E-state index contributed by atoms with van der Waals surface area (Å²) in [4.78, 5) is 24.4. The number of nitrogens with one attached hydrogen (secondary N) is 1. The molecule has 3 aliphatic heterocycles. The van der Waals surface area contributed by atoms with Gasteiger partial charge >= 0.3 is 0 Å². The van der Waals surface area contributed by atoms with Crippen LogP contribution in [0.15, 0.2) is 54.1 Å². The lowest BCUT2D eigenvalue weighted by molar-refractivity contribution is -0.0930. The number of halogens is 1. The van der Waals surface area contributed by atoms with Crippen molar-refractivity contribution in [2.75, 3.05) is 38.2 Å². The van der Waals surface area contributed by atoms with E-state index in [0.29, 0.717) is 35.3 Å². The van der Waals surface area contributed by atoms with Gasteiger partial charge in [-0.25, -0.2) is 18.1 Å². The molecule has 1 fully saturated rings. The number of fused-ring (bicyclic) bond motifs is 4. The molecule has 2 aromatic carbocycles. The Morgan fingerprint density at radius 3 is 2.76 bits per heavy atom. The van der Waals surface area contributed by atoms with Gasteiger partial charge in [-0.3, -0.25) is 9.69 Å². The summed E-state index contributed by atoms with van der Waals surface area (Å²) in [6, 6.07) is 11.3. The summed E-state index contributed by atoms with van der Waals surface area (Å²) >= 11 is 8.12. The SMILES string of the molecule is COC1(CN2CCc3ncsc3C2)/C=C/C[C@H](C)[C@@H](C)S(=O)(=O)NC(=O)c2ccc3c(c2)N(CCCCc2cc(Cl)ccc2CO3)C[C@@H]2CC[C@H]21. The monoisotopic (exact) mass is 752 g/mol. The van der Waals surface area contributed by atoms with Crippen molar-refractivity contribution in [1.82, 2.24) is 14.6 Å². The number of methoxy groups -OCH3 is 1. The maximum Gasteiger partial charge on any atom is 0.264 e. The number of carbonyl (C=O) groups is 1. The molecule has 1 amide bonds. The largest absolute Gasteiger partial charge is 0.487 e. The maximum atomic E-state index is 13.6. The molecule has 9 nitrogen and oxygen atoms in total. The smallest absolute Gasteiger partial charge is 0.264 e. The van der Waals surface area contributed by atoms with Crippen molar-refractivity contribution >= 4 is 44.6 Å². The quantitative estimate of drug-likeness (QED) is 0.285. The van der Waals surface area contributed by atoms with Gasteiger partial charge in [0.15, 0.2) is 0 Å². The zero-order valence-electron chi connectivity index (χ0n) is 29.8. The second kappa shape index (κ2) is 15.2. The number of sulfonamides is 1. The van der Waals surface area contributed by atoms with Crippen molar-refractivity contribution in [2.24, 2.45) is 17.8 Å². The summed E-state index contributed by atoms with van der Waals surface area (Å²) in [5.74, 6) is 0.415. The molecule has 274 valence electrons. The minimum atomic E-state index is -3.96. The molecule has 1 aliphatic carbocycles. The predicted octanol–water partition coefficient (Wildman–Crippen LogP) is 7.03. The van der Waals surface area contributed by atoms with E-state index in [2.05, 4.69) is 31.7 Å². The Bertz CT molecular complexity index is 1880. The maximum absolute atomic E-state index is 13.6. The summed E-state index contributed by atoms with van der Waals surface area (Å²) in [6.45, 7) is 8.04. The Balaban J connectivity index is 1.27. The standard InChI is InChI=1S/C39H49ClN4O5S2/c1-26-7-6-16-39(48-3,24-43-18-15-34-37(22-43)50-25-41-34)33-13-10-30(33)21-44-17-5-4-8-28-19-32(40)12-9-31(28)23-49-36-14-11-29(20-35(36)44)38(45)42-51(46,47)27(26)2/h6,9,11-12,14,16,19-20,25-27,30,33H,4-5,7-8,10,13,15,17-18,21-24H2,1-3H3,(H,42,45)/b16-6+/t26-,27+,30-,33+,39?/m0/s1. The van der Waals surface area contributed by atoms with E-state index in [1.165, 1.54) is 16.1 Å². The minimum Gasteiger partial charge on any atom is -0.487 e. The van der Waals surface area contributed by atoms with E-state index in [-0.39, 0.29) is 11.8 Å². The van der Waals surface area contributed by atoms with Crippen LogP contribution in [0, 0.1) is 17.8 Å². The average Bonchev–Trinajstić information content (AvgIpc) is 3.56. The topological polar surface area (TPSA) is 101 Å². The average molecular weight is 753 g/mol. The van der Waals surface area contributed by atoms with E-state index >= 15 is 0 Å². The van der Waals surface area contributed by atoms with Gasteiger partial charge in [0, 0.05) is 61.7 Å². The first-order valence-electron chi connectivity index (χ1n) is 18.3. The van der Waals surface area contributed by atoms with Crippen LogP contribution in [0.2, 0.25) is 5.02 Å². The first-order valence-corrected chi connectivity index (χ1v) is 21.1. The van der Waals surface area contributed by atoms with Crippen LogP contribution >= 0.6 is 22.9 Å². The summed E-state index contributed by atoms with van der Waals surface area (Å²) in [5, 5.41) is -0.0688. The lowest BCUT2D eigenvalue weighted by atomic mass is 9.63. The number of aromatic nitrogens is 1. The number of hydrogen-bond acceptors (Lipinski definition) is 9. The molecule has 51 heavy (non-hydrogen) atoms. The van der Waals surface area contributed by atoms with Crippen molar-refractivity contribution < 1.29 is 22.7 Å². The number of hydrogen-bond donors (Lipinski definition) is 1. The zero-order chi connectivity index (χ0) is 35.8. The highest BCUT2D eigenvalue weighted by atomic mass is 35.5. The Labute approximate surface area is 311 Å². The van der Waals surface area contributed by atoms with Crippen molar-refractivity contribution in [2.45, 2.75) is 82.8 Å². The zero-order valence-corrected chi connectivity index (χ0v) is 32.2. The number of carbonyl (C=O) groups excluding carboxylic acids is 1. The van der Waals surface area contributed by atoms with Crippen LogP contribution in [0.3, 0.4) is 0 Å². The Kier molecular flexibility index (Phi) is 10.8.